The van der Waals surface area contributed by atoms with Gasteiger partial charge in [0, 0.05) is 0 Å². The third-order valence-electron chi connectivity index (χ3n) is 2.73. The Labute approximate surface area is 97.6 Å². The molecule has 0 aliphatic heterocycles. The maximum atomic E-state index is 11.5. The number of carbonyl (C=O) groups is 1. The Balaban J connectivity index is 3.24. The van der Waals surface area contributed by atoms with Gasteiger partial charge in [-0.25, -0.2) is 4.79 Å². The van der Waals surface area contributed by atoms with Crippen LogP contribution in [0.4, 0.5) is 0 Å². The molecular formula is C14H20O2. The van der Waals surface area contributed by atoms with Crippen LogP contribution in [0.25, 0.3) is 0 Å². The zero-order valence-electron chi connectivity index (χ0n) is 10.7. The molecule has 0 amide bonds. The summed E-state index contributed by atoms with van der Waals surface area (Å²) in [5, 5.41) is 0. The number of hydrogen-bond acceptors (Lipinski definition) is 2. The van der Waals surface area contributed by atoms with Crippen LogP contribution in [0.15, 0.2) is 18.2 Å². The molecule has 16 heavy (non-hydrogen) atoms. The molecule has 0 atom stereocenters. The molecule has 2 nitrogen and oxygen atoms in total. The summed E-state index contributed by atoms with van der Waals surface area (Å²) in [5.74, 6) is 0.577. The van der Waals surface area contributed by atoms with Crippen LogP contribution in [0.3, 0.4) is 0 Å². The fourth-order valence-corrected chi connectivity index (χ4v) is 1.58. The van der Waals surface area contributed by atoms with Crippen molar-refractivity contribution in [2.75, 3.05) is 7.11 Å². The van der Waals surface area contributed by atoms with E-state index < -0.39 is 0 Å². The molecule has 0 spiro atoms. The van der Waals surface area contributed by atoms with Crippen molar-refractivity contribution in [3.63, 3.8) is 0 Å². The molecule has 1 aromatic rings. The van der Waals surface area contributed by atoms with Gasteiger partial charge in [-0.2, -0.15) is 0 Å². The minimum Gasteiger partial charge on any atom is -0.465 e. The third-order valence-corrected chi connectivity index (χ3v) is 2.73. The molecule has 0 aromatic heterocycles. The van der Waals surface area contributed by atoms with Crippen molar-refractivity contribution >= 4 is 5.97 Å². The summed E-state index contributed by atoms with van der Waals surface area (Å²) < 4.78 is 4.77. The van der Waals surface area contributed by atoms with Crippen LogP contribution in [0, 0.1) is 0 Å². The molecule has 0 aliphatic carbocycles. The van der Waals surface area contributed by atoms with Crippen LogP contribution < -0.4 is 0 Å². The lowest BCUT2D eigenvalue weighted by atomic mass is 9.93. The first-order valence-corrected chi connectivity index (χ1v) is 5.69. The monoisotopic (exact) mass is 220 g/mol. The first kappa shape index (κ1) is 12.8. The van der Waals surface area contributed by atoms with Gasteiger partial charge < -0.3 is 4.74 Å². The van der Waals surface area contributed by atoms with Crippen LogP contribution >= 0.6 is 0 Å². The van der Waals surface area contributed by atoms with E-state index in [2.05, 4.69) is 33.8 Å². The largest absolute Gasteiger partial charge is 0.465 e. The Morgan fingerprint density at radius 2 is 1.44 bits per heavy atom. The van der Waals surface area contributed by atoms with Gasteiger partial charge in [0.1, 0.15) is 0 Å². The second-order valence-electron chi connectivity index (χ2n) is 4.69. The van der Waals surface area contributed by atoms with Crippen molar-refractivity contribution in [3.8, 4) is 0 Å². The Morgan fingerprint density at radius 3 is 1.75 bits per heavy atom. The molecule has 0 unspecified atom stereocenters. The molecule has 0 heterocycles. The van der Waals surface area contributed by atoms with E-state index in [1.165, 1.54) is 18.2 Å². The molecule has 0 saturated carbocycles. The number of hydrogen-bond donors (Lipinski definition) is 0. The standard InChI is InChI=1S/C14H20O2/c1-9(2)11-6-12(10(3)4)8-13(7-11)14(15)16-5/h6-10H,1-5H3. The lowest BCUT2D eigenvalue weighted by molar-refractivity contribution is 0.0600. The molecule has 0 N–H and O–H groups in total. The summed E-state index contributed by atoms with van der Waals surface area (Å²) in [6, 6.07) is 6.01. The molecule has 1 rings (SSSR count). The van der Waals surface area contributed by atoms with E-state index in [0.717, 1.165) is 0 Å². The predicted octanol–water partition coefficient (Wildman–Crippen LogP) is 3.72. The Morgan fingerprint density at radius 1 is 1.00 bits per heavy atom. The number of esters is 1. The molecule has 0 saturated heterocycles. The van der Waals surface area contributed by atoms with E-state index in [1.54, 1.807) is 0 Å². The molecular weight excluding hydrogens is 200 g/mol. The lowest BCUT2D eigenvalue weighted by Crippen LogP contribution is -2.04. The van der Waals surface area contributed by atoms with Gasteiger partial charge in [-0.05, 0) is 35.1 Å². The van der Waals surface area contributed by atoms with Gasteiger partial charge in [0.05, 0.1) is 12.7 Å². The summed E-state index contributed by atoms with van der Waals surface area (Å²) in [5.41, 5.74) is 3.02. The number of carbonyl (C=O) groups excluding carboxylic acids is 1. The van der Waals surface area contributed by atoms with Crippen LogP contribution in [0.2, 0.25) is 0 Å². The van der Waals surface area contributed by atoms with Crippen molar-refractivity contribution in [2.24, 2.45) is 0 Å². The average Bonchev–Trinajstić information content (AvgIpc) is 2.27. The van der Waals surface area contributed by atoms with Gasteiger partial charge in [0.15, 0.2) is 0 Å². The van der Waals surface area contributed by atoms with Crippen LogP contribution in [-0.4, -0.2) is 13.1 Å². The Hall–Kier alpha value is -1.31. The maximum Gasteiger partial charge on any atom is 0.337 e. The van der Waals surface area contributed by atoms with E-state index in [-0.39, 0.29) is 5.97 Å². The van der Waals surface area contributed by atoms with Crippen molar-refractivity contribution in [3.05, 3.63) is 34.9 Å². The van der Waals surface area contributed by atoms with Crippen LogP contribution in [-0.2, 0) is 4.74 Å². The Kier molecular flexibility index (Phi) is 4.11. The van der Waals surface area contributed by atoms with E-state index in [9.17, 15) is 4.79 Å². The first-order valence-electron chi connectivity index (χ1n) is 5.69. The highest BCUT2D eigenvalue weighted by atomic mass is 16.5. The number of methoxy groups -OCH3 is 1. The topological polar surface area (TPSA) is 26.3 Å². The van der Waals surface area contributed by atoms with Crippen molar-refractivity contribution in [1.82, 2.24) is 0 Å². The highest BCUT2D eigenvalue weighted by molar-refractivity contribution is 5.89. The van der Waals surface area contributed by atoms with Gasteiger partial charge in [0.2, 0.25) is 0 Å². The average molecular weight is 220 g/mol. The van der Waals surface area contributed by atoms with Crippen molar-refractivity contribution in [1.29, 1.82) is 0 Å². The normalized spacial score (nSPS) is 10.9. The van der Waals surface area contributed by atoms with Gasteiger partial charge in [-0.15, -0.1) is 0 Å². The lowest BCUT2D eigenvalue weighted by Gasteiger charge is -2.13. The van der Waals surface area contributed by atoms with E-state index in [1.807, 2.05) is 12.1 Å². The molecule has 0 aliphatic rings. The fraction of sp³-hybridized carbons (Fsp3) is 0.500. The molecule has 1 aromatic carbocycles. The predicted molar refractivity (Wildman–Crippen MR) is 66.0 cm³/mol. The summed E-state index contributed by atoms with van der Waals surface area (Å²) in [6.45, 7) is 8.50. The third kappa shape index (κ3) is 2.84. The molecule has 0 radical (unpaired) electrons. The SMILES string of the molecule is COC(=O)c1cc(C(C)C)cc(C(C)C)c1. The van der Waals surface area contributed by atoms with E-state index in [4.69, 9.17) is 4.74 Å². The Bertz CT molecular complexity index is 352. The summed E-state index contributed by atoms with van der Waals surface area (Å²) >= 11 is 0. The van der Waals surface area contributed by atoms with E-state index in [0.29, 0.717) is 17.4 Å². The van der Waals surface area contributed by atoms with Crippen LogP contribution in [0.1, 0.15) is 61.0 Å². The second kappa shape index (κ2) is 5.15. The van der Waals surface area contributed by atoms with Gasteiger partial charge in [0.25, 0.3) is 0 Å². The highest BCUT2D eigenvalue weighted by Gasteiger charge is 2.12. The molecule has 88 valence electrons. The second-order valence-corrected chi connectivity index (χ2v) is 4.69. The summed E-state index contributed by atoms with van der Waals surface area (Å²) in [4.78, 5) is 11.5. The number of rotatable bonds is 3. The quantitative estimate of drug-likeness (QED) is 0.726. The molecule has 2 heteroatoms. The zero-order valence-corrected chi connectivity index (χ0v) is 10.7. The smallest absolute Gasteiger partial charge is 0.337 e. The van der Waals surface area contributed by atoms with E-state index >= 15 is 0 Å². The minimum absolute atomic E-state index is 0.260. The minimum atomic E-state index is -0.260. The number of benzene rings is 1. The first-order chi connectivity index (χ1) is 7.45. The number of ether oxygens (including phenoxy) is 1. The van der Waals surface area contributed by atoms with Crippen LogP contribution in [0.5, 0.6) is 0 Å². The summed E-state index contributed by atoms with van der Waals surface area (Å²) in [6.07, 6.45) is 0. The van der Waals surface area contributed by atoms with Crippen molar-refractivity contribution in [2.45, 2.75) is 39.5 Å². The maximum absolute atomic E-state index is 11.5. The van der Waals surface area contributed by atoms with Gasteiger partial charge in [-0.1, -0.05) is 33.8 Å². The highest BCUT2D eigenvalue weighted by Crippen LogP contribution is 2.23. The zero-order chi connectivity index (χ0) is 12.3. The van der Waals surface area contributed by atoms with Gasteiger partial charge >= 0.3 is 5.97 Å². The molecule has 0 bridgehead atoms. The molecule has 0 fully saturated rings. The van der Waals surface area contributed by atoms with Gasteiger partial charge in [-0.3, -0.25) is 0 Å². The van der Waals surface area contributed by atoms with Crippen molar-refractivity contribution < 1.29 is 9.53 Å². The summed E-state index contributed by atoms with van der Waals surface area (Å²) in [7, 11) is 1.42. The fourth-order valence-electron chi connectivity index (χ4n) is 1.58.